The summed E-state index contributed by atoms with van der Waals surface area (Å²) in [7, 11) is 1.39. The smallest absolute Gasteiger partial charge is 0.309 e. The van der Waals surface area contributed by atoms with Crippen LogP contribution in [0.2, 0.25) is 0 Å². The summed E-state index contributed by atoms with van der Waals surface area (Å²) in [6.45, 7) is 5.21. The van der Waals surface area contributed by atoms with E-state index in [2.05, 4.69) is 0 Å². The van der Waals surface area contributed by atoms with E-state index in [4.69, 9.17) is 14.6 Å². The molecule has 1 N–H and O–H groups in total. The minimum absolute atomic E-state index is 0.00851. The Labute approximate surface area is 89.4 Å². The van der Waals surface area contributed by atoms with Crippen molar-refractivity contribution in [2.24, 2.45) is 5.92 Å². The molecule has 0 aliphatic heterocycles. The predicted octanol–water partition coefficient (Wildman–Crippen LogP) is 1.07. The molecular formula is C10H18O5. The van der Waals surface area contributed by atoms with Gasteiger partial charge in [0, 0.05) is 7.11 Å². The van der Waals surface area contributed by atoms with E-state index in [0.29, 0.717) is 0 Å². The number of carbonyl (C=O) groups is 2. The van der Waals surface area contributed by atoms with Crippen LogP contribution in [0.25, 0.3) is 0 Å². The lowest BCUT2D eigenvalue weighted by Gasteiger charge is -2.20. The average molecular weight is 218 g/mol. The van der Waals surface area contributed by atoms with Crippen molar-refractivity contribution in [1.29, 1.82) is 0 Å². The van der Waals surface area contributed by atoms with E-state index in [1.54, 1.807) is 20.8 Å². The van der Waals surface area contributed by atoms with Crippen LogP contribution in [-0.4, -0.2) is 36.4 Å². The highest BCUT2D eigenvalue weighted by Crippen LogP contribution is 2.12. The fourth-order valence-corrected chi connectivity index (χ4v) is 1.00. The molecule has 0 heterocycles. The number of rotatable bonds is 5. The van der Waals surface area contributed by atoms with Crippen LogP contribution >= 0.6 is 0 Å². The molecule has 15 heavy (non-hydrogen) atoms. The summed E-state index contributed by atoms with van der Waals surface area (Å²) in [5.74, 6) is -2.42. The Hall–Kier alpha value is -1.10. The van der Waals surface area contributed by atoms with Crippen molar-refractivity contribution in [3.63, 3.8) is 0 Å². The van der Waals surface area contributed by atoms with E-state index in [9.17, 15) is 9.59 Å². The Morgan fingerprint density at radius 2 is 1.87 bits per heavy atom. The fourth-order valence-electron chi connectivity index (χ4n) is 1.00. The van der Waals surface area contributed by atoms with Crippen molar-refractivity contribution in [3.05, 3.63) is 0 Å². The first-order chi connectivity index (χ1) is 6.76. The molecule has 0 bridgehead atoms. The van der Waals surface area contributed by atoms with Gasteiger partial charge in [0.15, 0.2) is 0 Å². The molecule has 0 spiro atoms. The Morgan fingerprint density at radius 3 is 2.20 bits per heavy atom. The van der Waals surface area contributed by atoms with Crippen LogP contribution in [0, 0.1) is 5.92 Å². The molecule has 1 atom stereocenters. The van der Waals surface area contributed by atoms with Gasteiger partial charge in [0.1, 0.15) is 5.60 Å². The molecule has 0 rings (SSSR count). The number of esters is 1. The van der Waals surface area contributed by atoms with Gasteiger partial charge >= 0.3 is 11.9 Å². The third-order valence-corrected chi connectivity index (χ3v) is 1.55. The van der Waals surface area contributed by atoms with Gasteiger partial charge < -0.3 is 14.6 Å². The second kappa shape index (κ2) is 5.70. The number of carboxylic acid groups (broad SMARTS) is 1. The van der Waals surface area contributed by atoms with Gasteiger partial charge in [-0.05, 0) is 20.8 Å². The lowest BCUT2D eigenvalue weighted by atomic mass is 10.1. The van der Waals surface area contributed by atoms with Crippen LogP contribution in [0.4, 0.5) is 0 Å². The van der Waals surface area contributed by atoms with Crippen LogP contribution in [0.1, 0.15) is 27.2 Å². The number of hydrogen-bond acceptors (Lipinski definition) is 4. The average Bonchev–Trinajstić information content (AvgIpc) is 1.99. The standard InChI is InChI=1S/C10H18O5/c1-10(2,3)15-8(11)5-7(6-14-4)9(12)13/h7H,5-6H2,1-4H3,(H,12,13)/t7-/m0/s1. The maximum atomic E-state index is 11.3. The van der Waals surface area contributed by atoms with E-state index in [0.717, 1.165) is 0 Å². The Bertz CT molecular complexity index is 228. The van der Waals surface area contributed by atoms with Crippen molar-refractivity contribution < 1.29 is 24.2 Å². The number of hydrogen-bond donors (Lipinski definition) is 1. The van der Waals surface area contributed by atoms with Crippen LogP contribution < -0.4 is 0 Å². The molecule has 0 aromatic carbocycles. The zero-order valence-electron chi connectivity index (χ0n) is 9.57. The lowest BCUT2D eigenvalue weighted by molar-refractivity contribution is -0.160. The lowest BCUT2D eigenvalue weighted by Crippen LogP contribution is -2.28. The van der Waals surface area contributed by atoms with Crippen LogP contribution in [-0.2, 0) is 19.1 Å². The molecule has 0 aliphatic rings. The van der Waals surface area contributed by atoms with E-state index in [1.165, 1.54) is 7.11 Å². The molecule has 0 saturated carbocycles. The summed E-state index contributed by atoms with van der Waals surface area (Å²) in [6, 6.07) is 0. The number of carbonyl (C=O) groups excluding carboxylic acids is 1. The Kier molecular flexibility index (Phi) is 5.28. The van der Waals surface area contributed by atoms with Gasteiger partial charge in [-0.3, -0.25) is 9.59 Å². The number of methoxy groups -OCH3 is 1. The number of carboxylic acids is 1. The van der Waals surface area contributed by atoms with E-state index >= 15 is 0 Å². The minimum Gasteiger partial charge on any atom is -0.481 e. The molecule has 5 heteroatoms. The van der Waals surface area contributed by atoms with Gasteiger partial charge in [-0.1, -0.05) is 0 Å². The quantitative estimate of drug-likeness (QED) is 0.698. The zero-order valence-corrected chi connectivity index (χ0v) is 9.57. The highest BCUT2D eigenvalue weighted by atomic mass is 16.6. The second-order valence-electron chi connectivity index (χ2n) is 4.28. The first-order valence-electron chi connectivity index (χ1n) is 4.70. The topological polar surface area (TPSA) is 72.8 Å². The summed E-state index contributed by atoms with van der Waals surface area (Å²) < 4.78 is 9.71. The molecule has 0 saturated heterocycles. The first-order valence-corrected chi connectivity index (χ1v) is 4.70. The molecule has 5 nitrogen and oxygen atoms in total. The molecule has 0 amide bonds. The molecule has 0 aromatic heterocycles. The fraction of sp³-hybridized carbons (Fsp3) is 0.800. The predicted molar refractivity (Wildman–Crippen MR) is 53.5 cm³/mol. The van der Waals surface area contributed by atoms with Gasteiger partial charge in [0.25, 0.3) is 0 Å². The minimum atomic E-state index is -1.05. The zero-order chi connectivity index (χ0) is 12.1. The first kappa shape index (κ1) is 13.9. The Morgan fingerprint density at radius 1 is 1.33 bits per heavy atom. The van der Waals surface area contributed by atoms with E-state index < -0.39 is 23.5 Å². The van der Waals surface area contributed by atoms with Gasteiger partial charge in [-0.25, -0.2) is 0 Å². The van der Waals surface area contributed by atoms with Crippen LogP contribution in [0.5, 0.6) is 0 Å². The molecule has 0 aliphatic carbocycles. The summed E-state index contributed by atoms with van der Waals surface area (Å²) in [6.07, 6.45) is -0.166. The number of aliphatic carboxylic acids is 1. The van der Waals surface area contributed by atoms with Crippen molar-refractivity contribution in [2.75, 3.05) is 13.7 Å². The van der Waals surface area contributed by atoms with Crippen molar-refractivity contribution in [3.8, 4) is 0 Å². The number of ether oxygens (including phenoxy) is 2. The molecule has 88 valence electrons. The largest absolute Gasteiger partial charge is 0.481 e. The van der Waals surface area contributed by atoms with Gasteiger partial charge in [-0.15, -0.1) is 0 Å². The monoisotopic (exact) mass is 218 g/mol. The SMILES string of the molecule is COC[C@H](CC(=O)OC(C)(C)C)C(=O)O. The molecule has 0 unspecified atom stereocenters. The van der Waals surface area contributed by atoms with Gasteiger partial charge in [-0.2, -0.15) is 0 Å². The Balaban J connectivity index is 4.18. The summed E-state index contributed by atoms with van der Waals surface area (Å²) in [5.41, 5.74) is -0.590. The molecule has 0 aromatic rings. The van der Waals surface area contributed by atoms with Crippen molar-refractivity contribution in [2.45, 2.75) is 32.8 Å². The highest BCUT2D eigenvalue weighted by molar-refractivity contribution is 5.79. The summed E-state index contributed by atoms with van der Waals surface area (Å²) in [4.78, 5) is 22.0. The van der Waals surface area contributed by atoms with Crippen LogP contribution in [0.15, 0.2) is 0 Å². The second-order valence-corrected chi connectivity index (χ2v) is 4.28. The maximum Gasteiger partial charge on any atom is 0.309 e. The molecular weight excluding hydrogens is 200 g/mol. The summed E-state index contributed by atoms with van der Waals surface area (Å²) >= 11 is 0. The highest BCUT2D eigenvalue weighted by Gasteiger charge is 2.24. The normalized spacial score (nSPS) is 13.3. The van der Waals surface area contributed by atoms with Crippen molar-refractivity contribution >= 4 is 11.9 Å². The molecule has 0 fully saturated rings. The van der Waals surface area contributed by atoms with E-state index in [-0.39, 0.29) is 13.0 Å². The van der Waals surface area contributed by atoms with Crippen LogP contribution in [0.3, 0.4) is 0 Å². The van der Waals surface area contributed by atoms with E-state index in [1.807, 2.05) is 0 Å². The third kappa shape index (κ3) is 6.90. The maximum absolute atomic E-state index is 11.3. The van der Waals surface area contributed by atoms with Crippen molar-refractivity contribution in [1.82, 2.24) is 0 Å². The summed E-state index contributed by atoms with van der Waals surface area (Å²) in [5, 5.41) is 8.76. The molecule has 0 radical (unpaired) electrons. The third-order valence-electron chi connectivity index (χ3n) is 1.55. The van der Waals surface area contributed by atoms with Gasteiger partial charge in [0.05, 0.1) is 18.9 Å². The van der Waals surface area contributed by atoms with Gasteiger partial charge in [0.2, 0.25) is 0 Å².